The highest BCUT2D eigenvalue weighted by molar-refractivity contribution is 7.17. The highest BCUT2D eigenvalue weighted by Gasteiger charge is 2.26. The average molecular weight is 508 g/mol. The number of hydrogen-bond donors (Lipinski definition) is 1. The summed E-state index contributed by atoms with van der Waals surface area (Å²) in [7, 11) is 1.73. The minimum atomic E-state index is -0.973. The first kappa shape index (κ1) is 24.7. The van der Waals surface area contributed by atoms with Crippen molar-refractivity contribution < 1.29 is 14.3 Å². The van der Waals surface area contributed by atoms with Gasteiger partial charge in [0.25, 0.3) is 5.91 Å². The van der Waals surface area contributed by atoms with Crippen molar-refractivity contribution in [3.63, 3.8) is 0 Å². The van der Waals surface area contributed by atoms with Gasteiger partial charge < -0.3 is 14.1 Å². The van der Waals surface area contributed by atoms with Gasteiger partial charge >= 0.3 is 0 Å². The zero-order valence-electron chi connectivity index (χ0n) is 21.3. The Morgan fingerprint density at radius 3 is 2.67 bits per heavy atom. The number of imidazole rings is 1. The van der Waals surface area contributed by atoms with Crippen LogP contribution < -0.4 is 4.90 Å². The monoisotopic (exact) mass is 507 g/mol. The van der Waals surface area contributed by atoms with Crippen LogP contribution in [0.5, 0.6) is 0 Å². The third kappa shape index (κ3) is 5.23. The molecule has 4 heterocycles. The number of likely N-dealkylation sites (tertiary alicyclic amines) is 1. The van der Waals surface area contributed by atoms with E-state index < -0.39 is 5.60 Å². The van der Waals surface area contributed by atoms with Gasteiger partial charge in [0.15, 0.2) is 11.7 Å². The van der Waals surface area contributed by atoms with Gasteiger partial charge in [0, 0.05) is 20.5 Å². The molecule has 0 radical (unpaired) electrons. The number of oxazole rings is 1. The number of nitrogens with zero attached hydrogens (tertiary/aromatic N) is 5. The molecular weight excluding hydrogens is 474 g/mol. The second kappa shape index (κ2) is 9.80. The zero-order valence-corrected chi connectivity index (χ0v) is 22.1. The summed E-state index contributed by atoms with van der Waals surface area (Å²) in [5, 5.41) is 10.6. The van der Waals surface area contributed by atoms with Crippen LogP contribution in [-0.2, 0) is 13.1 Å². The summed E-state index contributed by atoms with van der Waals surface area (Å²) in [6.07, 6.45) is 5.48. The number of piperidine rings is 1. The number of aliphatic hydroxyl groups is 1. The van der Waals surface area contributed by atoms with E-state index in [4.69, 9.17) is 9.40 Å². The predicted molar refractivity (Wildman–Crippen MR) is 142 cm³/mol. The van der Waals surface area contributed by atoms with Gasteiger partial charge in [-0.15, -0.1) is 11.3 Å². The Kier molecular flexibility index (Phi) is 6.72. The number of hydrogen-bond acceptors (Lipinski definition) is 7. The van der Waals surface area contributed by atoms with E-state index in [1.54, 1.807) is 45.0 Å². The molecule has 1 fully saturated rings. The smallest absolute Gasteiger partial charge is 0.270 e. The minimum absolute atomic E-state index is 0.164. The fraction of sp³-hybridized carbons (Fsp3) is 0.444. The molecule has 3 aromatic heterocycles. The Morgan fingerprint density at radius 2 is 1.97 bits per heavy atom. The molecule has 1 aliphatic heterocycles. The number of aromatic nitrogens is 3. The number of rotatable bonds is 7. The van der Waals surface area contributed by atoms with Crippen molar-refractivity contribution in [1.29, 1.82) is 0 Å². The van der Waals surface area contributed by atoms with Crippen LogP contribution in [0.15, 0.2) is 40.9 Å². The molecule has 0 spiro atoms. The van der Waals surface area contributed by atoms with Crippen molar-refractivity contribution >= 4 is 34.2 Å². The van der Waals surface area contributed by atoms with Gasteiger partial charge in [-0.05, 0) is 69.6 Å². The Balaban J connectivity index is 1.46. The van der Waals surface area contributed by atoms with Crippen molar-refractivity contribution in [3.05, 3.63) is 52.9 Å². The van der Waals surface area contributed by atoms with E-state index >= 15 is 0 Å². The molecule has 36 heavy (non-hydrogen) atoms. The molecule has 1 aromatic carbocycles. The van der Waals surface area contributed by atoms with Gasteiger partial charge in [0.1, 0.15) is 0 Å². The van der Waals surface area contributed by atoms with Crippen molar-refractivity contribution in [3.8, 4) is 10.6 Å². The largest absolute Gasteiger partial charge is 0.440 e. The zero-order chi connectivity index (χ0) is 25.4. The molecule has 1 aliphatic rings. The number of fused-ring (bicyclic) bond motifs is 1. The molecule has 0 saturated carbocycles. The van der Waals surface area contributed by atoms with E-state index in [2.05, 4.69) is 28.1 Å². The number of amides is 1. The fourth-order valence-electron chi connectivity index (χ4n) is 4.75. The van der Waals surface area contributed by atoms with Crippen molar-refractivity contribution in [1.82, 2.24) is 19.4 Å². The lowest BCUT2D eigenvalue weighted by Gasteiger charge is -2.26. The highest BCUT2D eigenvalue weighted by atomic mass is 32.1. The van der Waals surface area contributed by atoms with Crippen molar-refractivity contribution in [2.75, 3.05) is 25.0 Å². The van der Waals surface area contributed by atoms with Crippen LogP contribution >= 0.6 is 11.3 Å². The van der Waals surface area contributed by atoms with Gasteiger partial charge in [-0.3, -0.25) is 14.6 Å². The van der Waals surface area contributed by atoms with Crippen LogP contribution in [0.1, 0.15) is 54.2 Å². The number of anilines is 1. The molecule has 8 nitrogen and oxygen atoms in total. The van der Waals surface area contributed by atoms with Gasteiger partial charge in [-0.25, -0.2) is 9.97 Å². The summed E-state index contributed by atoms with van der Waals surface area (Å²) in [5.41, 5.74) is 1.97. The van der Waals surface area contributed by atoms with Crippen LogP contribution in [0.3, 0.4) is 0 Å². The minimum Gasteiger partial charge on any atom is -0.440 e. The standard InChI is InChI=1S/C27H33N5O3S/c1-18-28-15-22(35-18)23-10-11-24(36-23)25(33)30(4)26-29-20-14-19(16-31-12-6-5-7-13-31)8-9-21(20)32(26)17-27(2,3)34/h8-11,14-15,34H,5-7,12-13,16-17H2,1-4H3. The van der Waals surface area contributed by atoms with Crippen LogP contribution in [0.25, 0.3) is 21.7 Å². The van der Waals surface area contributed by atoms with E-state index in [-0.39, 0.29) is 5.91 Å². The van der Waals surface area contributed by atoms with Crippen molar-refractivity contribution in [2.24, 2.45) is 0 Å². The summed E-state index contributed by atoms with van der Waals surface area (Å²) < 4.78 is 7.55. The maximum Gasteiger partial charge on any atom is 0.270 e. The molecule has 0 atom stereocenters. The molecule has 4 aromatic rings. The molecular formula is C27H33N5O3S. The Labute approximate surface area is 215 Å². The lowest BCUT2D eigenvalue weighted by atomic mass is 10.1. The van der Waals surface area contributed by atoms with Crippen molar-refractivity contribution in [2.45, 2.75) is 58.7 Å². The summed E-state index contributed by atoms with van der Waals surface area (Å²) in [5.74, 6) is 1.58. The molecule has 1 saturated heterocycles. The summed E-state index contributed by atoms with van der Waals surface area (Å²) in [4.78, 5) is 28.0. The Bertz CT molecular complexity index is 1370. The molecule has 190 valence electrons. The quantitative estimate of drug-likeness (QED) is 0.375. The van der Waals surface area contributed by atoms with E-state index in [1.807, 2.05) is 10.6 Å². The summed E-state index contributed by atoms with van der Waals surface area (Å²) >= 11 is 1.36. The van der Waals surface area contributed by atoms with Crippen LogP contribution in [0, 0.1) is 6.92 Å². The van der Waals surface area contributed by atoms with Gasteiger partial charge in [0.2, 0.25) is 5.95 Å². The topological polar surface area (TPSA) is 87.6 Å². The third-order valence-corrected chi connectivity index (χ3v) is 7.57. The van der Waals surface area contributed by atoms with Gasteiger partial charge in [0.05, 0.1) is 39.1 Å². The van der Waals surface area contributed by atoms with Gasteiger partial charge in [-0.1, -0.05) is 12.5 Å². The highest BCUT2D eigenvalue weighted by Crippen LogP contribution is 2.31. The maximum atomic E-state index is 13.5. The molecule has 0 aliphatic carbocycles. The molecule has 1 N–H and O–H groups in total. The molecule has 9 heteroatoms. The molecule has 1 amide bonds. The molecule has 0 unspecified atom stereocenters. The van der Waals surface area contributed by atoms with E-state index in [0.717, 1.165) is 35.5 Å². The molecule has 0 bridgehead atoms. The second-order valence-corrected chi connectivity index (χ2v) is 11.3. The summed E-state index contributed by atoms with van der Waals surface area (Å²) in [6.45, 7) is 8.79. The van der Waals surface area contributed by atoms with E-state index in [0.29, 0.717) is 29.0 Å². The average Bonchev–Trinajstić information content (AvgIpc) is 3.57. The lowest BCUT2D eigenvalue weighted by Crippen LogP contribution is -2.32. The normalized spacial score (nSPS) is 15.0. The third-order valence-electron chi connectivity index (χ3n) is 6.48. The SMILES string of the molecule is Cc1ncc(-c2ccc(C(=O)N(C)c3nc4cc(CN5CCCCC5)ccc4n3CC(C)(C)O)s2)o1. The molecule has 5 rings (SSSR count). The number of benzene rings is 1. The number of carbonyl (C=O) groups is 1. The number of thiophene rings is 1. The summed E-state index contributed by atoms with van der Waals surface area (Å²) in [6, 6.07) is 9.98. The van der Waals surface area contributed by atoms with E-state index in [1.165, 1.54) is 36.2 Å². The van der Waals surface area contributed by atoms with Gasteiger partial charge in [-0.2, -0.15) is 0 Å². The number of aryl methyl sites for hydroxylation is 1. The first-order valence-electron chi connectivity index (χ1n) is 12.4. The predicted octanol–water partition coefficient (Wildman–Crippen LogP) is 5.09. The van der Waals surface area contributed by atoms with Crippen LogP contribution in [0.2, 0.25) is 0 Å². The van der Waals surface area contributed by atoms with Crippen LogP contribution in [0.4, 0.5) is 5.95 Å². The lowest BCUT2D eigenvalue weighted by molar-refractivity contribution is 0.0628. The van der Waals surface area contributed by atoms with E-state index in [9.17, 15) is 9.90 Å². The fourth-order valence-corrected chi connectivity index (χ4v) is 5.68. The van der Waals surface area contributed by atoms with Crippen LogP contribution in [-0.4, -0.2) is 56.2 Å². The first-order chi connectivity index (χ1) is 17.2. The maximum absolute atomic E-state index is 13.5. The Hall–Kier alpha value is -3.01. The number of carbonyl (C=O) groups excluding carboxylic acids is 1. The Morgan fingerprint density at radius 1 is 1.19 bits per heavy atom. The second-order valence-electron chi connectivity index (χ2n) is 10.2. The first-order valence-corrected chi connectivity index (χ1v) is 13.2.